The van der Waals surface area contributed by atoms with Crippen molar-refractivity contribution >= 4 is 20.9 Å². The Morgan fingerprint density at radius 3 is 2.43 bits per heavy atom. The van der Waals surface area contributed by atoms with E-state index >= 15 is 0 Å². The van der Waals surface area contributed by atoms with Crippen molar-refractivity contribution in [2.45, 2.75) is 45.4 Å². The number of nitrogens with zero attached hydrogens (tertiary/aromatic N) is 3. The van der Waals surface area contributed by atoms with E-state index < -0.39 is 26.8 Å². The summed E-state index contributed by atoms with van der Waals surface area (Å²) < 4.78 is 41.6. The molecule has 0 spiro atoms. The lowest BCUT2D eigenvalue weighted by molar-refractivity contribution is 0.532. The second-order valence-corrected chi connectivity index (χ2v) is 10.8. The molecule has 0 fully saturated rings. The van der Waals surface area contributed by atoms with Crippen LogP contribution < -0.4 is 10.3 Å². The summed E-state index contributed by atoms with van der Waals surface area (Å²) in [4.78, 5) is 21.3. The fraction of sp³-hybridized carbons (Fsp3) is 0.381. The lowest BCUT2D eigenvalue weighted by atomic mass is 10.0. The van der Waals surface area contributed by atoms with Crippen LogP contribution in [0.2, 0.25) is 0 Å². The minimum Gasteiger partial charge on any atom is -0.295 e. The van der Waals surface area contributed by atoms with Gasteiger partial charge in [0.05, 0.1) is 15.6 Å². The molecule has 0 saturated heterocycles. The molecule has 7 nitrogen and oxygen atoms in total. The molecule has 0 aliphatic carbocycles. The first kappa shape index (κ1) is 22.0. The van der Waals surface area contributed by atoms with Gasteiger partial charge >= 0.3 is 0 Å². The van der Waals surface area contributed by atoms with Crippen molar-refractivity contribution in [1.82, 2.24) is 19.3 Å². The molecule has 0 aliphatic rings. The van der Waals surface area contributed by atoms with Gasteiger partial charge in [-0.3, -0.25) is 9.36 Å². The normalized spacial score (nSPS) is 13.6. The maximum atomic E-state index is 13.2. The maximum absolute atomic E-state index is 13.2. The lowest BCUT2D eigenvalue weighted by Crippen LogP contribution is -2.40. The Balaban J connectivity index is 2.25. The molecule has 9 heteroatoms. The minimum atomic E-state index is -3.62. The lowest BCUT2D eigenvalue weighted by Gasteiger charge is -2.24. The molecule has 0 amide bonds. The van der Waals surface area contributed by atoms with Gasteiger partial charge in [0, 0.05) is 24.8 Å². The van der Waals surface area contributed by atoms with Crippen molar-refractivity contribution in [1.29, 1.82) is 0 Å². The highest BCUT2D eigenvalue weighted by Crippen LogP contribution is 2.27. The van der Waals surface area contributed by atoms with Crippen molar-refractivity contribution in [3.8, 4) is 11.4 Å². The highest BCUT2D eigenvalue weighted by atomic mass is 32.2. The standard InChI is InChI=1S/C21H25FN4O3S/c1-12-9-15(13(2)25-30(28,29)21(3,4)5)18-16(10-12)20(27)26(6)19(24-18)14-7-8-17(22)23-11-14/h7-11,13,25H,1-6H3/t13-/m1/s1. The van der Waals surface area contributed by atoms with E-state index in [0.29, 0.717) is 27.9 Å². The smallest absolute Gasteiger partial charge is 0.261 e. The predicted octanol–water partition coefficient (Wildman–Crippen LogP) is 3.22. The van der Waals surface area contributed by atoms with Gasteiger partial charge in [0.25, 0.3) is 5.56 Å². The van der Waals surface area contributed by atoms with Crippen molar-refractivity contribution < 1.29 is 12.8 Å². The summed E-state index contributed by atoms with van der Waals surface area (Å²) in [7, 11) is -2.04. The number of aryl methyl sites for hydroxylation is 1. The Kier molecular flexibility index (Phi) is 5.55. The molecule has 0 saturated carbocycles. The highest BCUT2D eigenvalue weighted by Gasteiger charge is 2.31. The van der Waals surface area contributed by atoms with Crippen molar-refractivity contribution in [2.75, 3.05) is 0 Å². The summed E-state index contributed by atoms with van der Waals surface area (Å²) in [6, 6.07) is 5.62. The SMILES string of the molecule is Cc1cc([C@@H](C)NS(=O)(=O)C(C)(C)C)c2nc(-c3ccc(F)nc3)n(C)c(=O)c2c1. The van der Waals surface area contributed by atoms with Crippen molar-refractivity contribution in [2.24, 2.45) is 7.05 Å². The van der Waals surface area contributed by atoms with Gasteiger partial charge in [0.15, 0.2) is 0 Å². The molecule has 160 valence electrons. The Labute approximate surface area is 175 Å². The fourth-order valence-electron chi connectivity index (χ4n) is 3.12. The topological polar surface area (TPSA) is 93.9 Å². The van der Waals surface area contributed by atoms with Gasteiger partial charge in [-0.1, -0.05) is 6.07 Å². The van der Waals surface area contributed by atoms with Gasteiger partial charge in [0.1, 0.15) is 5.82 Å². The number of pyridine rings is 1. The fourth-order valence-corrected chi connectivity index (χ4v) is 4.07. The zero-order valence-electron chi connectivity index (χ0n) is 17.8. The number of hydrogen-bond acceptors (Lipinski definition) is 5. The van der Waals surface area contributed by atoms with E-state index in [0.717, 1.165) is 5.56 Å². The van der Waals surface area contributed by atoms with E-state index in [4.69, 9.17) is 0 Å². The molecule has 1 N–H and O–H groups in total. The summed E-state index contributed by atoms with van der Waals surface area (Å²) in [6.45, 7) is 8.40. The Morgan fingerprint density at radius 1 is 1.20 bits per heavy atom. The number of rotatable bonds is 4. The maximum Gasteiger partial charge on any atom is 0.261 e. The third-order valence-corrected chi connectivity index (χ3v) is 7.22. The quantitative estimate of drug-likeness (QED) is 0.639. The van der Waals surface area contributed by atoms with Crippen LogP contribution in [-0.2, 0) is 17.1 Å². The average molecular weight is 433 g/mol. The van der Waals surface area contributed by atoms with Crippen LogP contribution in [-0.4, -0.2) is 27.7 Å². The van der Waals surface area contributed by atoms with Crippen LogP contribution in [0.25, 0.3) is 22.3 Å². The molecule has 2 aromatic heterocycles. The summed E-state index contributed by atoms with van der Waals surface area (Å²) in [5.74, 6) is -0.318. The highest BCUT2D eigenvalue weighted by molar-refractivity contribution is 7.90. The number of fused-ring (bicyclic) bond motifs is 1. The van der Waals surface area contributed by atoms with Crippen LogP contribution in [0.3, 0.4) is 0 Å². The van der Waals surface area contributed by atoms with Gasteiger partial charge in [-0.05, 0) is 63.9 Å². The Bertz CT molecular complexity index is 1280. The van der Waals surface area contributed by atoms with Crippen LogP contribution in [0, 0.1) is 12.9 Å². The van der Waals surface area contributed by atoms with Crippen LogP contribution in [0.1, 0.15) is 44.9 Å². The Morgan fingerprint density at radius 2 is 1.87 bits per heavy atom. The molecular weight excluding hydrogens is 407 g/mol. The van der Waals surface area contributed by atoms with Gasteiger partial charge in [-0.15, -0.1) is 0 Å². The molecule has 0 aliphatic heterocycles. The molecule has 1 atom stereocenters. The van der Waals surface area contributed by atoms with E-state index in [1.165, 1.54) is 22.9 Å². The molecule has 0 radical (unpaired) electrons. The van der Waals surface area contributed by atoms with Gasteiger partial charge < -0.3 is 0 Å². The van der Waals surface area contributed by atoms with E-state index in [2.05, 4.69) is 14.7 Å². The molecule has 30 heavy (non-hydrogen) atoms. The van der Waals surface area contributed by atoms with Gasteiger partial charge in [-0.25, -0.2) is 23.1 Å². The van der Waals surface area contributed by atoms with Crippen LogP contribution >= 0.6 is 0 Å². The number of benzene rings is 1. The molecule has 2 heterocycles. The first-order chi connectivity index (χ1) is 13.8. The zero-order valence-corrected chi connectivity index (χ0v) is 18.6. The third-order valence-electron chi connectivity index (χ3n) is 4.94. The van der Waals surface area contributed by atoms with E-state index in [1.807, 2.05) is 13.0 Å². The summed E-state index contributed by atoms with van der Waals surface area (Å²) in [5, 5.41) is 0.383. The number of sulfonamides is 1. The summed E-state index contributed by atoms with van der Waals surface area (Å²) in [6.07, 6.45) is 1.31. The number of hydrogen-bond donors (Lipinski definition) is 1. The number of nitrogens with one attached hydrogen (secondary N) is 1. The summed E-state index contributed by atoms with van der Waals surface area (Å²) >= 11 is 0. The van der Waals surface area contributed by atoms with E-state index in [9.17, 15) is 17.6 Å². The van der Waals surface area contributed by atoms with Gasteiger partial charge in [0.2, 0.25) is 16.0 Å². The first-order valence-corrected chi connectivity index (χ1v) is 11.0. The zero-order chi connectivity index (χ0) is 22.4. The van der Waals surface area contributed by atoms with Crippen molar-refractivity contribution in [3.05, 3.63) is 57.9 Å². The molecule has 0 bridgehead atoms. The van der Waals surface area contributed by atoms with E-state index in [1.54, 1.807) is 40.8 Å². The average Bonchev–Trinajstić information content (AvgIpc) is 2.64. The minimum absolute atomic E-state index is 0.282. The van der Waals surface area contributed by atoms with Crippen LogP contribution in [0.15, 0.2) is 35.3 Å². The van der Waals surface area contributed by atoms with Crippen molar-refractivity contribution in [3.63, 3.8) is 0 Å². The molecule has 3 rings (SSSR count). The molecule has 0 unspecified atom stereocenters. The number of halogens is 1. The van der Waals surface area contributed by atoms with Crippen LogP contribution in [0.5, 0.6) is 0 Å². The molecule has 3 aromatic rings. The van der Waals surface area contributed by atoms with Gasteiger partial charge in [-0.2, -0.15) is 4.39 Å². The van der Waals surface area contributed by atoms with Crippen LogP contribution in [0.4, 0.5) is 4.39 Å². The van der Waals surface area contributed by atoms with E-state index in [-0.39, 0.29) is 5.56 Å². The largest absolute Gasteiger partial charge is 0.295 e. The molecule has 1 aromatic carbocycles. The number of aromatic nitrogens is 3. The predicted molar refractivity (Wildman–Crippen MR) is 115 cm³/mol. The second kappa shape index (κ2) is 7.55. The second-order valence-electron chi connectivity index (χ2n) is 8.37. The first-order valence-electron chi connectivity index (χ1n) is 9.47. The monoisotopic (exact) mass is 432 g/mol. The Hall–Kier alpha value is -2.65. The molecular formula is C21H25FN4O3S. The third kappa shape index (κ3) is 3.99. The summed E-state index contributed by atoms with van der Waals surface area (Å²) in [5.41, 5.74) is 2.00.